The van der Waals surface area contributed by atoms with Crippen LogP contribution in [0.25, 0.3) is 0 Å². The van der Waals surface area contributed by atoms with Crippen molar-refractivity contribution in [1.29, 1.82) is 0 Å². The normalized spacial score (nSPS) is 17.1. The first-order valence-corrected chi connectivity index (χ1v) is 6.65. The third-order valence-electron chi connectivity index (χ3n) is 3.54. The third-order valence-corrected chi connectivity index (χ3v) is 3.54. The number of carbonyl (C=O) groups is 1. The maximum absolute atomic E-state index is 12.3. The second kappa shape index (κ2) is 4.88. The number of rotatable bonds is 3. The fraction of sp³-hybridized carbons (Fsp3) is 0.235. The van der Waals surface area contributed by atoms with Gasteiger partial charge >= 0.3 is 0 Å². The number of fused-ring (bicyclic) bond motifs is 1. The van der Waals surface area contributed by atoms with E-state index in [0.29, 0.717) is 6.42 Å². The number of ketones is 1. The zero-order valence-electron chi connectivity index (χ0n) is 10.9. The molecule has 1 aliphatic heterocycles. The van der Waals surface area contributed by atoms with Crippen LogP contribution in [0.5, 0.6) is 5.75 Å². The molecular weight excluding hydrogens is 236 g/mol. The lowest BCUT2D eigenvalue weighted by Crippen LogP contribution is -2.23. The van der Waals surface area contributed by atoms with Gasteiger partial charge in [0.25, 0.3) is 0 Å². The topological polar surface area (TPSA) is 26.3 Å². The Kier molecular flexibility index (Phi) is 3.08. The van der Waals surface area contributed by atoms with Crippen molar-refractivity contribution in [2.75, 3.05) is 0 Å². The van der Waals surface area contributed by atoms with Crippen LogP contribution in [0.15, 0.2) is 48.5 Å². The third kappa shape index (κ3) is 2.26. The number of aryl methyl sites for hydroxylation is 1. The lowest BCUT2D eigenvalue weighted by atomic mass is 10.0. The van der Waals surface area contributed by atoms with Crippen LogP contribution in [0.1, 0.15) is 28.4 Å². The zero-order chi connectivity index (χ0) is 13.2. The van der Waals surface area contributed by atoms with Crippen LogP contribution in [0, 0.1) is 0 Å². The minimum absolute atomic E-state index is 0.106. The molecule has 2 aromatic rings. The average Bonchev–Trinajstić information content (AvgIpc) is 2.76. The SMILES string of the molecule is CCc1ccc2c(c1)C(=O)[C@@H](Cc1ccccc1)O2. The van der Waals surface area contributed by atoms with E-state index in [-0.39, 0.29) is 11.9 Å². The van der Waals surface area contributed by atoms with E-state index in [1.165, 1.54) is 5.56 Å². The summed E-state index contributed by atoms with van der Waals surface area (Å²) in [6.45, 7) is 2.09. The van der Waals surface area contributed by atoms with E-state index in [4.69, 9.17) is 4.74 Å². The van der Waals surface area contributed by atoms with Crippen LogP contribution in [0.2, 0.25) is 0 Å². The second-order valence-corrected chi connectivity index (χ2v) is 4.84. The standard InChI is InChI=1S/C17H16O2/c1-2-12-8-9-15-14(10-12)17(18)16(19-15)11-13-6-4-3-5-7-13/h3-10,16H,2,11H2,1H3/t16-/m1/s1. The van der Waals surface area contributed by atoms with Crippen molar-refractivity contribution >= 4 is 5.78 Å². The van der Waals surface area contributed by atoms with Crippen molar-refractivity contribution in [3.8, 4) is 5.75 Å². The summed E-state index contributed by atoms with van der Waals surface area (Å²) >= 11 is 0. The van der Waals surface area contributed by atoms with Gasteiger partial charge in [-0.15, -0.1) is 0 Å². The minimum atomic E-state index is -0.371. The number of carbonyl (C=O) groups excluding carboxylic acids is 1. The van der Waals surface area contributed by atoms with Gasteiger partial charge in [-0.25, -0.2) is 0 Å². The van der Waals surface area contributed by atoms with Crippen LogP contribution in [0.4, 0.5) is 0 Å². The van der Waals surface area contributed by atoms with Gasteiger partial charge in [-0.1, -0.05) is 43.3 Å². The van der Waals surface area contributed by atoms with Gasteiger partial charge < -0.3 is 4.74 Å². The maximum Gasteiger partial charge on any atom is 0.207 e. The van der Waals surface area contributed by atoms with Crippen molar-refractivity contribution in [2.24, 2.45) is 0 Å². The number of hydrogen-bond acceptors (Lipinski definition) is 2. The molecule has 1 heterocycles. The highest BCUT2D eigenvalue weighted by molar-refractivity contribution is 6.04. The number of Topliss-reactive ketones (excluding diaryl/α,β-unsaturated/α-hetero) is 1. The molecule has 0 unspecified atom stereocenters. The lowest BCUT2D eigenvalue weighted by Gasteiger charge is -2.08. The molecule has 0 N–H and O–H groups in total. The van der Waals surface area contributed by atoms with Crippen molar-refractivity contribution in [3.05, 3.63) is 65.2 Å². The van der Waals surface area contributed by atoms with Crippen LogP contribution in [0.3, 0.4) is 0 Å². The molecule has 3 rings (SSSR count). The number of hydrogen-bond donors (Lipinski definition) is 0. The van der Waals surface area contributed by atoms with E-state index in [1.807, 2.05) is 48.5 Å². The first-order valence-electron chi connectivity index (χ1n) is 6.65. The van der Waals surface area contributed by atoms with Gasteiger partial charge in [-0.05, 0) is 29.7 Å². The molecule has 0 saturated carbocycles. The summed E-state index contributed by atoms with van der Waals surface area (Å²) < 4.78 is 5.77. The molecular formula is C17H16O2. The predicted molar refractivity (Wildman–Crippen MR) is 74.7 cm³/mol. The van der Waals surface area contributed by atoms with E-state index in [9.17, 15) is 4.79 Å². The highest BCUT2D eigenvalue weighted by Gasteiger charge is 2.32. The summed E-state index contributed by atoms with van der Waals surface area (Å²) in [4.78, 5) is 12.3. The largest absolute Gasteiger partial charge is 0.481 e. The quantitative estimate of drug-likeness (QED) is 0.836. The summed E-state index contributed by atoms with van der Waals surface area (Å²) in [7, 11) is 0. The molecule has 96 valence electrons. The molecule has 0 amide bonds. The molecule has 1 atom stereocenters. The van der Waals surface area contributed by atoms with Crippen LogP contribution in [-0.4, -0.2) is 11.9 Å². The summed E-state index contributed by atoms with van der Waals surface area (Å²) in [6, 6.07) is 15.9. The van der Waals surface area contributed by atoms with Crippen LogP contribution in [-0.2, 0) is 12.8 Å². The Balaban J connectivity index is 1.83. The van der Waals surface area contributed by atoms with Gasteiger partial charge in [0.1, 0.15) is 5.75 Å². The van der Waals surface area contributed by atoms with Gasteiger partial charge in [-0.2, -0.15) is 0 Å². The van der Waals surface area contributed by atoms with Crippen molar-refractivity contribution in [3.63, 3.8) is 0 Å². The maximum atomic E-state index is 12.3. The fourth-order valence-electron chi connectivity index (χ4n) is 2.44. The molecule has 0 spiro atoms. The fourth-order valence-corrected chi connectivity index (χ4v) is 2.44. The molecule has 0 bridgehead atoms. The van der Waals surface area contributed by atoms with Gasteiger partial charge in [0, 0.05) is 6.42 Å². The molecule has 2 aromatic carbocycles. The van der Waals surface area contributed by atoms with Gasteiger partial charge in [-0.3, -0.25) is 4.79 Å². The Morgan fingerprint density at radius 1 is 1.05 bits per heavy atom. The Labute approximate surface area is 113 Å². The van der Waals surface area contributed by atoms with Gasteiger partial charge in [0.05, 0.1) is 5.56 Å². The Morgan fingerprint density at radius 2 is 1.84 bits per heavy atom. The van der Waals surface area contributed by atoms with E-state index < -0.39 is 0 Å². The number of benzene rings is 2. The monoisotopic (exact) mass is 252 g/mol. The van der Waals surface area contributed by atoms with E-state index in [2.05, 4.69) is 6.92 Å². The summed E-state index contributed by atoms with van der Waals surface area (Å²) in [5.41, 5.74) is 3.04. The molecule has 2 heteroatoms. The number of ether oxygens (including phenoxy) is 1. The molecule has 1 aliphatic rings. The molecule has 0 fully saturated rings. The van der Waals surface area contributed by atoms with Crippen molar-refractivity contribution in [1.82, 2.24) is 0 Å². The summed E-state index contributed by atoms with van der Waals surface area (Å²) in [6.07, 6.45) is 1.20. The highest BCUT2D eigenvalue weighted by Crippen LogP contribution is 2.31. The molecule has 19 heavy (non-hydrogen) atoms. The Hall–Kier alpha value is -2.09. The molecule has 2 nitrogen and oxygen atoms in total. The smallest absolute Gasteiger partial charge is 0.207 e. The van der Waals surface area contributed by atoms with Crippen LogP contribution >= 0.6 is 0 Å². The first kappa shape index (κ1) is 12.0. The molecule has 0 aliphatic carbocycles. The lowest BCUT2D eigenvalue weighted by molar-refractivity contribution is 0.0858. The highest BCUT2D eigenvalue weighted by atomic mass is 16.5. The summed E-state index contributed by atoms with van der Waals surface area (Å²) in [5.74, 6) is 0.831. The van der Waals surface area contributed by atoms with Gasteiger partial charge in [0.2, 0.25) is 5.78 Å². The average molecular weight is 252 g/mol. The molecule has 0 radical (unpaired) electrons. The van der Waals surface area contributed by atoms with E-state index >= 15 is 0 Å². The van der Waals surface area contributed by atoms with Crippen molar-refractivity contribution < 1.29 is 9.53 Å². The van der Waals surface area contributed by atoms with Crippen LogP contribution < -0.4 is 4.74 Å². The minimum Gasteiger partial charge on any atom is -0.481 e. The second-order valence-electron chi connectivity index (χ2n) is 4.84. The van der Waals surface area contributed by atoms with E-state index in [1.54, 1.807) is 0 Å². The molecule has 0 saturated heterocycles. The van der Waals surface area contributed by atoms with Gasteiger partial charge in [0.15, 0.2) is 6.10 Å². The van der Waals surface area contributed by atoms with E-state index in [0.717, 1.165) is 23.3 Å². The summed E-state index contributed by atoms with van der Waals surface area (Å²) in [5, 5.41) is 0. The zero-order valence-corrected chi connectivity index (χ0v) is 10.9. The first-order chi connectivity index (χ1) is 9.28. The van der Waals surface area contributed by atoms with Crippen molar-refractivity contribution in [2.45, 2.75) is 25.9 Å². The Bertz CT molecular complexity index is 602. The molecule has 0 aromatic heterocycles. The Morgan fingerprint density at radius 3 is 2.58 bits per heavy atom. The predicted octanol–water partition coefficient (Wildman–Crippen LogP) is 3.44.